The lowest BCUT2D eigenvalue weighted by atomic mass is 9.94. The number of carbonyl (C=O) groups is 1. The molecular formula is C11H4F16O2. The van der Waals surface area contributed by atoms with Gasteiger partial charge in [-0.1, -0.05) is 6.58 Å². The molecule has 0 saturated heterocycles. The Morgan fingerprint density at radius 3 is 1.28 bits per heavy atom. The van der Waals surface area contributed by atoms with Crippen molar-refractivity contribution in [3.8, 4) is 0 Å². The average molecular weight is 472 g/mol. The standard InChI is InChI=1S/C11H4F16O2/c1-3(6(14,15)16)4(28)29-2-5(12,13)7(17,18)8(19,20)9(21,22)10(23,24)11(25,26)27/h1-2H2. The summed E-state index contributed by atoms with van der Waals surface area (Å²) in [7, 11) is 0. The van der Waals surface area contributed by atoms with E-state index >= 15 is 0 Å². The first-order valence-corrected chi connectivity index (χ1v) is 6.18. The first-order chi connectivity index (χ1) is 12.3. The number of esters is 1. The van der Waals surface area contributed by atoms with E-state index in [1.165, 1.54) is 0 Å². The highest BCUT2D eigenvalue weighted by molar-refractivity contribution is 5.89. The highest BCUT2D eigenvalue weighted by Gasteiger charge is 2.90. The summed E-state index contributed by atoms with van der Waals surface area (Å²) in [5.41, 5.74) is -2.66. The van der Waals surface area contributed by atoms with Gasteiger partial charge < -0.3 is 4.74 Å². The Morgan fingerprint density at radius 1 is 0.621 bits per heavy atom. The molecule has 0 N–H and O–H groups in total. The van der Waals surface area contributed by atoms with Gasteiger partial charge in [0, 0.05) is 0 Å². The number of carbonyl (C=O) groups excluding carboxylic acids is 1. The van der Waals surface area contributed by atoms with E-state index in [-0.39, 0.29) is 0 Å². The highest BCUT2D eigenvalue weighted by atomic mass is 19.4. The molecule has 0 aromatic carbocycles. The van der Waals surface area contributed by atoms with Gasteiger partial charge in [-0.25, -0.2) is 4.79 Å². The maximum absolute atomic E-state index is 13.2. The van der Waals surface area contributed by atoms with Crippen LogP contribution in [0.1, 0.15) is 0 Å². The van der Waals surface area contributed by atoms with Crippen LogP contribution in [0.3, 0.4) is 0 Å². The van der Waals surface area contributed by atoms with Crippen LogP contribution in [0.15, 0.2) is 12.2 Å². The zero-order valence-corrected chi connectivity index (χ0v) is 12.8. The van der Waals surface area contributed by atoms with E-state index in [9.17, 15) is 75.0 Å². The van der Waals surface area contributed by atoms with Gasteiger partial charge in [-0.3, -0.25) is 0 Å². The van der Waals surface area contributed by atoms with E-state index in [1.54, 1.807) is 0 Å². The highest BCUT2D eigenvalue weighted by Crippen LogP contribution is 2.60. The van der Waals surface area contributed by atoms with Gasteiger partial charge in [0.25, 0.3) is 0 Å². The number of ether oxygens (including phenoxy) is 1. The Labute approximate surface area is 148 Å². The van der Waals surface area contributed by atoms with Crippen LogP contribution < -0.4 is 0 Å². The summed E-state index contributed by atoms with van der Waals surface area (Å²) in [4.78, 5) is 10.7. The topological polar surface area (TPSA) is 26.3 Å². The normalized spacial score (nSPS) is 15.3. The van der Waals surface area contributed by atoms with E-state index in [2.05, 4.69) is 4.74 Å². The molecule has 0 bridgehead atoms. The SMILES string of the molecule is C=C(C(=O)OCC(F)(F)C(F)(F)C(F)(F)C(F)(F)C(F)(F)C(F)(F)F)C(F)(F)F. The largest absolute Gasteiger partial charge is 0.460 e. The van der Waals surface area contributed by atoms with Crippen LogP contribution in [0, 0.1) is 0 Å². The van der Waals surface area contributed by atoms with Crippen LogP contribution in [-0.4, -0.2) is 54.5 Å². The maximum Gasteiger partial charge on any atom is 0.460 e. The van der Waals surface area contributed by atoms with Gasteiger partial charge in [0.05, 0.1) is 0 Å². The molecular weight excluding hydrogens is 468 g/mol. The van der Waals surface area contributed by atoms with Gasteiger partial charge in [0.15, 0.2) is 6.61 Å². The third-order valence-corrected chi connectivity index (χ3v) is 2.97. The van der Waals surface area contributed by atoms with E-state index in [1.807, 2.05) is 6.58 Å². The smallest absolute Gasteiger partial charge is 0.455 e. The van der Waals surface area contributed by atoms with Gasteiger partial charge in [-0.15, -0.1) is 0 Å². The summed E-state index contributed by atoms with van der Waals surface area (Å²) in [5.74, 6) is -41.9. The van der Waals surface area contributed by atoms with Gasteiger partial charge in [0.2, 0.25) is 0 Å². The fourth-order valence-electron chi connectivity index (χ4n) is 1.25. The van der Waals surface area contributed by atoms with Gasteiger partial charge in [0.1, 0.15) is 5.57 Å². The molecule has 0 aromatic heterocycles. The van der Waals surface area contributed by atoms with Crippen LogP contribution in [0.5, 0.6) is 0 Å². The number of hydrogen-bond acceptors (Lipinski definition) is 2. The maximum atomic E-state index is 13.2. The van der Waals surface area contributed by atoms with Crippen molar-refractivity contribution < 1.29 is 79.8 Å². The van der Waals surface area contributed by atoms with Gasteiger partial charge >= 0.3 is 47.9 Å². The fourth-order valence-corrected chi connectivity index (χ4v) is 1.25. The minimum atomic E-state index is -8.18. The molecule has 0 aliphatic carbocycles. The molecule has 0 amide bonds. The lowest BCUT2D eigenvalue weighted by Gasteiger charge is -2.39. The Hall–Kier alpha value is -1.91. The minimum absolute atomic E-state index is 1.91. The Kier molecular flexibility index (Phi) is 6.63. The minimum Gasteiger partial charge on any atom is -0.455 e. The van der Waals surface area contributed by atoms with Crippen molar-refractivity contribution in [2.75, 3.05) is 6.61 Å². The molecule has 0 aliphatic rings. The third kappa shape index (κ3) is 4.34. The van der Waals surface area contributed by atoms with Crippen molar-refractivity contribution in [1.29, 1.82) is 0 Å². The molecule has 0 heterocycles. The van der Waals surface area contributed by atoms with Crippen LogP contribution in [0.25, 0.3) is 0 Å². The number of rotatable bonds is 7. The van der Waals surface area contributed by atoms with Crippen LogP contribution in [0.4, 0.5) is 70.2 Å². The van der Waals surface area contributed by atoms with Crippen molar-refractivity contribution in [2.24, 2.45) is 0 Å². The molecule has 0 unspecified atom stereocenters. The molecule has 29 heavy (non-hydrogen) atoms. The van der Waals surface area contributed by atoms with Crippen molar-refractivity contribution in [2.45, 2.75) is 42.0 Å². The molecule has 0 saturated carbocycles. The van der Waals surface area contributed by atoms with Gasteiger partial charge in [-0.2, -0.15) is 70.2 Å². The summed E-state index contributed by atoms with van der Waals surface area (Å²) in [6.45, 7) is -1.63. The molecule has 0 spiro atoms. The number of halogens is 16. The zero-order chi connectivity index (χ0) is 24.1. The number of alkyl halides is 16. The molecule has 0 aliphatic heterocycles. The van der Waals surface area contributed by atoms with E-state index in [0.717, 1.165) is 0 Å². The Bertz CT molecular complexity index is 640. The molecule has 0 rings (SSSR count). The molecule has 0 atom stereocenters. The van der Waals surface area contributed by atoms with E-state index in [4.69, 9.17) is 0 Å². The van der Waals surface area contributed by atoms with E-state index in [0.29, 0.717) is 0 Å². The van der Waals surface area contributed by atoms with Gasteiger partial charge in [-0.05, 0) is 0 Å². The van der Waals surface area contributed by atoms with E-state index < -0.39 is 60.1 Å². The lowest BCUT2D eigenvalue weighted by Crippen LogP contribution is -2.70. The fraction of sp³-hybridized carbons (Fsp3) is 0.727. The summed E-state index contributed by atoms with van der Waals surface area (Å²) in [6.07, 6.45) is -13.3. The van der Waals surface area contributed by atoms with Crippen LogP contribution >= 0.6 is 0 Å². The van der Waals surface area contributed by atoms with Crippen molar-refractivity contribution in [1.82, 2.24) is 0 Å². The zero-order valence-electron chi connectivity index (χ0n) is 12.8. The average Bonchev–Trinajstić information content (AvgIpc) is 2.49. The summed E-state index contributed by atoms with van der Waals surface area (Å²) >= 11 is 0. The van der Waals surface area contributed by atoms with Crippen LogP contribution in [0.2, 0.25) is 0 Å². The Morgan fingerprint density at radius 2 is 0.966 bits per heavy atom. The molecule has 18 heteroatoms. The summed E-state index contributed by atoms with van der Waals surface area (Å²) in [5, 5.41) is 0. The van der Waals surface area contributed by atoms with Crippen LogP contribution in [-0.2, 0) is 9.53 Å². The predicted octanol–water partition coefficient (Wildman–Crippen LogP) is 5.39. The monoisotopic (exact) mass is 472 g/mol. The first kappa shape index (κ1) is 27.1. The molecule has 0 radical (unpaired) electrons. The summed E-state index contributed by atoms with van der Waals surface area (Å²) < 4.78 is 204. The quantitative estimate of drug-likeness (QED) is 0.283. The van der Waals surface area contributed by atoms with Crippen molar-refractivity contribution in [3.63, 3.8) is 0 Å². The lowest BCUT2D eigenvalue weighted by molar-refractivity contribution is -0.441. The molecule has 0 fully saturated rings. The molecule has 2 nitrogen and oxygen atoms in total. The third-order valence-electron chi connectivity index (χ3n) is 2.97. The van der Waals surface area contributed by atoms with Crippen molar-refractivity contribution in [3.05, 3.63) is 12.2 Å². The Balaban J connectivity index is 5.94. The summed E-state index contributed by atoms with van der Waals surface area (Å²) in [6, 6.07) is 0. The second-order valence-electron chi connectivity index (χ2n) is 5.05. The second kappa shape index (κ2) is 7.10. The first-order valence-electron chi connectivity index (χ1n) is 6.18. The second-order valence-corrected chi connectivity index (χ2v) is 5.05. The predicted molar refractivity (Wildman–Crippen MR) is 56.9 cm³/mol. The number of hydrogen-bond donors (Lipinski definition) is 0. The van der Waals surface area contributed by atoms with Crippen molar-refractivity contribution >= 4 is 5.97 Å². The molecule has 172 valence electrons. The molecule has 0 aromatic rings.